The van der Waals surface area contributed by atoms with Crippen LogP contribution in [0.3, 0.4) is 0 Å². The SMILES string of the molecule is CCOC(=O)c1nn(-c2ccccc2)cc1OCC(=O)NC(=O)Nc1ccc(OC)cc1. The van der Waals surface area contributed by atoms with Crippen molar-refractivity contribution in [2.45, 2.75) is 6.92 Å². The molecular weight excluding hydrogens is 416 g/mol. The lowest BCUT2D eigenvalue weighted by molar-refractivity contribution is -0.121. The van der Waals surface area contributed by atoms with Gasteiger partial charge in [0, 0.05) is 5.69 Å². The van der Waals surface area contributed by atoms with E-state index in [1.54, 1.807) is 43.3 Å². The Morgan fingerprint density at radius 1 is 1.03 bits per heavy atom. The van der Waals surface area contributed by atoms with E-state index in [4.69, 9.17) is 14.2 Å². The summed E-state index contributed by atoms with van der Waals surface area (Å²) in [5, 5.41) is 8.88. The smallest absolute Gasteiger partial charge is 0.362 e. The highest BCUT2D eigenvalue weighted by Gasteiger charge is 2.21. The van der Waals surface area contributed by atoms with E-state index in [2.05, 4.69) is 15.7 Å². The standard InChI is InChI=1S/C22H22N4O6/c1-3-31-21(28)20-18(13-26(25-20)16-7-5-4-6-8-16)32-14-19(27)24-22(29)23-15-9-11-17(30-2)12-10-15/h4-13H,3,14H2,1-2H3,(H2,23,24,27,29). The first-order chi connectivity index (χ1) is 15.5. The van der Waals surface area contributed by atoms with Gasteiger partial charge >= 0.3 is 12.0 Å². The summed E-state index contributed by atoms with van der Waals surface area (Å²) >= 11 is 0. The normalized spacial score (nSPS) is 10.2. The zero-order chi connectivity index (χ0) is 22.9. The average Bonchev–Trinajstić information content (AvgIpc) is 3.23. The molecule has 10 nitrogen and oxygen atoms in total. The van der Waals surface area contributed by atoms with Crippen molar-refractivity contribution in [1.82, 2.24) is 15.1 Å². The summed E-state index contributed by atoms with van der Waals surface area (Å²) in [6.45, 7) is 1.31. The number of esters is 1. The van der Waals surface area contributed by atoms with Crippen LogP contribution in [0.25, 0.3) is 5.69 Å². The van der Waals surface area contributed by atoms with Crippen LogP contribution in [0, 0.1) is 0 Å². The Hall–Kier alpha value is -4.34. The first kappa shape index (κ1) is 22.3. The topological polar surface area (TPSA) is 121 Å². The zero-order valence-electron chi connectivity index (χ0n) is 17.5. The molecule has 0 spiro atoms. The average molecular weight is 438 g/mol. The van der Waals surface area contributed by atoms with Crippen molar-refractivity contribution in [2.75, 3.05) is 25.6 Å². The second-order valence-electron chi connectivity index (χ2n) is 6.36. The zero-order valence-corrected chi connectivity index (χ0v) is 17.5. The Labute approximate surface area is 184 Å². The Morgan fingerprint density at radius 3 is 2.41 bits per heavy atom. The number of para-hydroxylation sites is 1. The Kier molecular flexibility index (Phi) is 7.42. The molecule has 0 fully saturated rings. The summed E-state index contributed by atoms with van der Waals surface area (Å²) in [5.41, 5.74) is 1.09. The molecule has 0 aliphatic heterocycles. The quantitative estimate of drug-likeness (QED) is 0.519. The van der Waals surface area contributed by atoms with E-state index in [0.29, 0.717) is 17.1 Å². The third-order valence-corrected chi connectivity index (χ3v) is 4.13. The highest BCUT2D eigenvalue weighted by Crippen LogP contribution is 2.21. The van der Waals surface area contributed by atoms with Crippen molar-refractivity contribution in [2.24, 2.45) is 0 Å². The lowest BCUT2D eigenvalue weighted by atomic mass is 10.3. The molecule has 0 saturated heterocycles. The van der Waals surface area contributed by atoms with Gasteiger partial charge in [-0.3, -0.25) is 10.1 Å². The molecule has 2 aromatic carbocycles. The molecule has 0 saturated carbocycles. The van der Waals surface area contributed by atoms with Crippen molar-refractivity contribution in [3.8, 4) is 17.2 Å². The number of nitrogens with one attached hydrogen (secondary N) is 2. The first-order valence-corrected chi connectivity index (χ1v) is 9.70. The van der Waals surface area contributed by atoms with Gasteiger partial charge < -0.3 is 19.5 Å². The third-order valence-electron chi connectivity index (χ3n) is 4.13. The number of benzene rings is 2. The summed E-state index contributed by atoms with van der Waals surface area (Å²) in [4.78, 5) is 36.4. The van der Waals surface area contributed by atoms with Gasteiger partial charge in [0.2, 0.25) is 5.69 Å². The number of urea groups is 1. The maximum Gasteiger partial charge on any atom is 0.362 e. The monoisotopic (exact) mass is 438 g/mol. The van der Waals surface area contributed by atoms with Gasteiger partial charge in [-0.25, -0.2) is 14.3 Å². The molecule has 0 aliphatic rings. The second kappa shape index (κ2) is 10.6. The molecule has 1 heterocycles. The van der Waals surface area contributed by atoms with Crippen LogP contribution in [0.1, 0.15) is 17.4 Å². The van der Waals surface area contributed by atoms with Crippen LogP contribution in [0.4, 0.5) is 10.5 Å². The molecule has 10 heteroatoms. The second-order valence-corrected chi connectivity index (χ2v) is 6.36. The Morgan fingerprint density at radius 2 is 1.75 bits per heavy atom. The van der Waals surface area contributed by atoms with E-state index in [0.717, 1.165) is 0 Å². The number of aromatic nitrogens is 2. The van der Waals surface area contributed by atoms with Gasteiger partial charge in [-0.2, -0.15) is 5.10 Å². The number of ether oxygens (including phenoxy) is 3. The van der Waals surface area contributed by atoms with Gasteiger partial charge in [-0.1, -0.05) is 18.2 Å². The van der Waals surface area contributed by atoms with E-state index in [9.17, 15) is 14.4 Å². The van der Waals surface area contributed by atoms with Crippen molar-refractivity contribution in [1.29, 1.82) is 0 Å². The molecule has 3 rings (SSSR count). The Bertz CT molecular complexity index is 1080. The molecule has 32 heavy (non-hydrogen) atoms. The lowest BCUT2D eigenvalue weighted by Crippen LogP contribution is -2.37. The van der Waals surface area contributed by atoms with E-state index in [1.165, 1.54) is 18.0 Å². The molecule has 0 aliphatic carbocycles. The highest BCUT2D eigenvalue weighted by atomic mass is 16.5. The van der Waals surface area contributed by atoms with Gasteiger partial charge in [0.05, 0.1) is 25.6 Å². The number of amides is 3. The summed E-state index contributed by atoms with van der Waals surface area (Å²) in [6, 6.07) is 14.9. The number of imide groups is 1. The first-order valence-electron chi connectivity index (χ1n) is 9.70. The summed E-state index contributed by atoms with van der Waals surface area (Å²) < 4.78 is 16.9. The highest BCUT2D eigenvalue weighted by molar-refractivity contribution is 6.01. The molecular formula is C22H22N4O6. The van der Waals surface area contributed by atoms with Crippen LogP contribution in [0.15, 0.2) is 60.8 Å². The lowest BCUT2D eigenvalue weighted by Gasteiger charge is -2.08. The van der Waals surface area contributed by atoms with E-state index < -0.39 is 24.5 Å². The van der Waals surface area contributed by atoms with Crippen molar-refractivity contribution >= 4 is 23.6 Å². The van der Waals surface area contributed by atoms with Crippen molar-refractivity contribution in [3.05, 3.63) is 66.5 Å². The molecule has 2 N–H and O–H groups in total. The minimum atomic E-state index is -0.727. The summed E-state index contributed by atoms with van der Waals surface area (Å²) in [5.74, 6) is -0.708. The number of hydrogen-bond donors (Lipinski definition) is 2. The molecule has 3 aromatic rings. The third kappa shape index (κ3) is 5.85. The number of anilines is 1. The molecule has 0 bridgehead atoms. The van der Waals surface area contributed by atoms with E-state index in [-0.39, 0.29) is 18.1 Å². The predicted molar refractivity (Wildman–Crippen MR) is 115 cm³/mol. The maximum atomic E-state index is 12.2. The van der Waals surface area contributed by atoms with Gasteiger partial charge in [-0.05, 0) is 43.3 Å². The number of methoxy groups -OCH3 is 1. The van der Waals surface area contributed by atoms with Crippen LogP contribution in [0.5, 0.6) is 11.5 Å². The van der Waals surface area contributed by atoms with Crippen molar-refractivity contribution < 1.29 is 28.6 Å². The summed E-state index contributed by atoms with van der Waals surface area (Å²) in [7, 11) is 1.53. The number of carbonyl (C=O) groups is 3. The van der Waals surface area contributed by atoms with Crippen LogP contribution < -0.4 is 20.1 Å². The van der Waals surface area contributed by atoms with Crippen LogP contribution >= 0.6 is 0 Å². The van der Waals surface area contributed by atoms with Gasteiger partial charge in [-0.15, -0.1) is 0 Å². The van der Waals surface area contributed by atoms with Gasteiger partial charge in [0.25, 0.3) is 5.91 Å². The molecule has 1 aromatic heterocycles. The predicted octanol–water partition coefficient (Wildman–Crippen LogP) is 2.78. The molecule has 166 valence electrons. The fraction of sp³-hybridized carbons (Fsp3) is 0.182. The van der Waals surface area contributed by atoms with Gasteiger partial charge in [0.15, 0.2) is 12.4 Å². The number of rotatable bonds is 8. The van der Waals surface area contributed by atoms with E-state index >= 15 is 0 Å². The van der Waals surface area contributed by atoms with Crippen molar-refractivity contribution in [3.63, 3.8) is 0 Å². The Balaban J connectivity index is 1.62. The fourth-order valence-corrected chi connectivity index (χ4v) is 2.66. The molecule has 0 unspecified atom stereocenters. The fourth-order valence-electron chi connectivity index (χ4n) is 2.66. The van der Waals surface area contributed by atoms with E-state index in [1.807, 2.05) is 18.2 Å². The summed E-state index contributed by atoms with van der Waals surface area (Å²) in [6.07, 6.45) is 1.46. The number of nitrogens with zero attached hydrogens (tertiary/aromatic N) is 2. The minimum absolute atomic E-state index is 0.0537. The number of carbonyl (C=O) groups excluding carboxylic acids is 3. The minimum Gasteiger partial charge on any atom is -0.497 e. The molecule has 0 atom stereocenters. The van der Waals surface area contributed by atoms with Crippen LogP contribution in [0.2, 0.25) is 0 Å². The van der Waals surface area contributed by atoms with Gasteiger partial charge in [0.1, 0.15) is 5.75 Å². The molecule has 3 amide bonds. The largest absolute Gasteiger partial charge is 0.497 e. The van der Waals surface area contributed by atoms with Crippen LogP contribution in [-0.2, 0) is 9.53 Å². The number of hydrogen-bond acceptors (Lipinski definition) is 7. The molecule has 0 radical (unpaired) electrons. The maximum absolute atomic E-state index is 12.2. The van der Waals surface area contributed by atoms with Crippen LogP contribution in [-0.4, -0.2) is 48.0 Å².